The highest BCUT2D eigenvalue weighted by atomic mass is 16.2. The summed E-state index contributed by atoms with van der Waals surface area (Å²) in [5.41, 5.74) is 5.66. The van der Waals surface area contributed by atoms with Gasteiger partial charge in [0.15, 0.2) is 0 Å². The summed E-state index contributed by atoms with van der Waals surface area (Å²) in [5.74, 6) is 0.429. The van der Waals surface area contributed by atoms with Gasteiger partial charge in [0.25, 0.3) is 5.91 Å². The normalized spacial score (nSPS) is 21.2. The zero-order valence-corrected chi connectivity index (χ0v) is 14.3. The van der Waals surface area contributed by atoms with Gasteiger partial charge in [0.05, 0.1) is 0 Å². The Morgan fingerprint density at radius 1 is 1.33 bits per heavy atom. The molecule has 1 N–H and O–H groups in total. The number of nitrogens with zero attached hydrogens (tertiary/aromatic N) is 2. The minimum Gasteiger partial charge on any atom is -0.337 e. The van der Waals surface area contributed by atoms with E-state index in [0.29, 0.717) is 24.5 Å². The molecule has 2 heterocycles. The molecule has 5 heteroatoms. The monoisotopic (exact) mass is 327 g/mol. The third-order valence-electron chi connectivity index (χ3n) is 5.04. The molecule has 24 heavy (non-hydrogen) atoms. The maximum absolute atomic E-state index is 12.6. The van der Waals surface area contributed by atoms with Gasteiger partial charge in [0.1, 0.15) is 5.71 Å². The molecule has 1 aromatic carbocycles. The zero-order chi connectivity index (χ0) is 16.9. The lowest BCUT2D eigenvalue weighted by Gasteiger charge is -2.33. The lowest BCUT2D eigenvalue weighted by atomic mass is 9.90. The van der Waals surface area contributed by atoms with Crippen molar-refractivity contribution >= 4 is 17.5 Å². The number of hydrogen-bond donors (Lipinski definition) is 1. The minimum atomic E-state index is -0.110. The van der Waals surface area contributed by atoms with Gasteiger partial charge in [0, 0.05) is 25.9 Å². The van der Waals surface area contributed by atoms with Crippen molar-refractivity contribution in [2.75, 3.05) is 13.1 Å². The molecule has 0 bridgehead atoms. The molecule has 1 atom stereocenters. The first-order valence-corrected chi connectivity index (χ1v) is 8.82. The van der Waals surface area contributed by atoms with Crippen LogP contribution in [0.5, 0.6) is 0 Å². The molecule has 1 saturated heterocycles. The molecule has 5 nitrogen and oxygen atoms in total. The first kappa shape index (κ1) is 16.7. The summed E-state index contributed by atoms with van der Waals surface area (Å²) in [7, 11) is 0. The molecule has 0 spiro atoms. The molecular formula is C19H25N3O2. The van der Waals surface area contributed by atoms with Gasteiger partial charge in [0.2, 0.25) is 5.91 Å². The number of aryl methyl sites for hydroxylation is 2. The van der Waals surface area contributed by atoms with E-state index in [9.17, 15) is 9.59 Å². The lowest BCUT2D eigenvalue weighted by molar-refractivity contribution is -0.126. The van der Waals surface area contributed by atoms with Crippen LogP contribution in [-0.4, -0.2) is 35.5 Å². The number of piperidine rings is 1. The van der Waals surface area contributed by atoms with Crippen LogP contribution in [0.3, 0.4) is 0 Å². The number of hydrazone groups is 1. The molecule has 0 unspecified atom stereocenters. The van der Waals surface area contributed by atoms with Gasteiger partial charge in [-0.1, -0.05) is 24.3 Å². The van der Waals surface area contributed by atoms with E-state index < -0.39 is 0 Å². The highest BCUT2D eigenvalue weighted by Gasteiger charge is 2.28. The second-order valence-corrected chi connectivity index (χ2v) is 6.82. The molecule has 2 aliphatic rings. The van der Waals surface area contributed by atoms with Gasteiger partial charge in [-0.3, -0.25) is 9.59 Å². The lowest BCUT2D eigenvalue weighted by Crippen LogP contribution is -2.45. The molecule has 128 valence electrons. The highest BCUT2D eigenvalue weighted by Crippen LogP contribution is 2.23. The van der Waals surface area contributed by atoms with Crippen LogP contribution in [-0.2, 0) is 16.0 Å². The van der Waals surface area contributed by atoms with Crippen molar-refractivity contribution in [2.45, 2.75) is 45.4 Å². The summed E-state index contributed by atoms with van der Waals surface area (Å²) in [6.07, 6.45) is 5.21. The maximum atomic E-state index is 12.6. The average Bonchev–Trinajstić information content (AvgIpc) is 2.61. The fourth-order valence-electron chi connectivity index (χ4n) is 3.55. The number of nitrogens with one attached hydrogen (secondary N) is 1. The highest BCUT2D eigenvalue weighted by molar-refractivity contribution is 6.39. The second kappa shape index (κ2) is 7.60. The molecule has 0 aromatic heterocycles. The number of likely N-dealkylation sites (tertiary alicyclic amines) is 1. The maximum Gasteiger partial charge on any atom is 0.270 e. The van der Waals surface area contributed by atoms with E-state index in [1.807, 2.05) is 4.90 Å². The van der Waals surface area contributed by atoms with Gasteiger partial charge < -0.3 is 4.90 Å². The van der Waals surface area contributed by atoms with E-state index in [2.05, 4.69) is 41.7 Å². The molecule has 1 fully saturated rings. The molecular weight excluding hydrogens is 302 g/mol. The molecule has 3 rings (SSSR count). The van der Waals surface area contributed by atoms with Gasteiger partial charge in [-0.25, -0.2) is 5.43 Å². The molecule has 2 amide bonds. The van der Waals surface area contributed by atoms with Crippen molar-refractivity contribution in [3.05, 3.63) is 35.4 Å². The molecule has 1 aromatic rings. The Labute approximate surface area is 143 Å². The second-order valence-electron chi connectivity index (χ2n) is 6.82. The summed E-state index contributed by atoms with van der Waals surface area (Å²) in [6, 6.07) is 8.51. The first-order chi connectivity index (χ1) is 11.6. The summed E-state index contributed by atoms with van der Waals surface area (Å²) < 4.78 is 0. The number of carbonyl (C=O) groups excluding carboxylic acids is 2. The Kier molecular flexibility index (Phi) is 5.28. The molecule has 0 saturated carbocycles. The van der Waals surface area contributed by atoms with Gasteiger partial charge in [-0.05, 0) is 49.7 Å². The third-order valence-corrected chi connectivity index (χ3v) is 5.04. The zero-order valence-electron chi connectivity index (χ0n) is 14.3. The topological polar surface area (TPSA) is 61.8 Å². The van der Waals surface area contributed by atoms with Crippen molar-refractivity contribution in [1.82, 2.24) is 10.3 Å². The molecule has 0 radical (unpaired) electrons. The van der Waals surface area contributed by atoms with E-state index in [1.54, 1.807) is 0 Å². The van der Waals surface area contributed by atoms with E-state index >= 15 is 0 Å². The van der Waals surface area contributed by atoms with Crippen LogP contribution in [0, 0.1) is 12.8 Å². The van der Waals surface area contributed by atoms with E-state index in [4.69, 9.17) is 0 Å². The van der Waals surface area contributed by atoms with Crippen molar-refractivity contribution in [3.63, 3.8) is 0 Å². The summed E-state index contributed by atoms with van der Waals surface area (Å²) in [4.78, 5) is 25.7. The molecule has 0 aliphatic carbocycles. The number of hydrogen-bond acceptors (Lipinski definition) is 3. The third kappa shape index (κ3) is 4.02. The van der Waals surface area contributed by atoms with Gasteiger partial charge >= 0.3 is 0 Å². The van der Waals surface area contributed by atoms with Gasteiger partial charge in [-0.2, -0.15) is 5.10 Å². The van der Waals surface area contributed by atoms with E-state index in [-0.39, 0.29) is 11.8 Å². The fraction of sp³-hybridized carbons (Fsp3) is 0.526. The minimum absolute atomic E-state index is 0.00408. The van der Waals surface area contributed by atoms with Crippen LogP contribution in [0.25, 0.3) is 0 Å². The number of amides is 2. The standard InChI is InChI=1S/C19H25N3O2/c1-14-5-2-3-7-16(14)9-8-15-6-4-12-22(13-15)19(24)17-10-11-18(23)21-20-17/h2-3,5,7,15H,4,6,8-13H2,1H3,(H,21,23)/t15-/m0/s1. The average molecular weight is 327 g/mol. The predicted molar refractivity (Wildman–Crippen MR) is 93.6 cm³/mol. The summed E-state index contributed by atoms with van der Waals surface area (Å²) in [6.45, 7) is 3.76. The first-order valence-electron chi connectivity index (χ1n) is 8.82. The Balaban J connectivity index is 1.55. The smallest absolute Gasteiger partial charge is 0.270 e. The number of benzene rings is 1. The van der Waals surface area contributed by atoms with Gasteiger partial charge in [-0.15, -0.1) is 0 Å². The quantitative estimate of drug-likeness (QED) is 0.923. The fourth-order valence-corrected chi connectivity index (χ4v) is 3.55. The summed E-state index contributed by atoms with van der Waals surface area (Å²) in [5, 5.41) is 3.94. The van der Waals surface area contributed by atoms with Crippen molar-refractivity contribution in [3.8, 4) is 0 Å². The van der Waals surface area contributed by atoms with E-state index in [0.717, 1.165) is 32.4 Å². The number of rotatable bonds is 4. The van der Waals surface area contributed by atoms with Crippen molar-refractivity contribution in [2.24, 2.45) is 11.0 Å². The largest absolute Gasteiger partial charge is 0.337 e. The Morgan fingerprint density at radius 3 is 2.92 bits per heavy atom. The SMILES string of the molecule is Cc1ccccc1CC[C@@H]1CCCN(C(=O)C2=NNC(=O)CC2)C1. The summed E-state index contributed by atoms with van der Waals surface area (Å²) >= 11 is 0. The Morgan fingerprint density at radius 2 is 2.17 bits per heavy atom. The van der Waals surface area contributed by atoms with Crippen LogP contribution in [0.15, 0.2) is 29.4 Å². The van der Waals surface area contributed by atoms with Crippen LogP contribution in [0.4, 0.5) is 0 Å². The molecule has 2 aliphatic heterocycles. The van der Waals surface area contributed by atoms with Crippen molar-refractivity contribution < 1.29 is 9.59 Å². The van der Waals surface area contributed by atoms with Crippen LogP contribution in [0.2, 0.25) is 0 Å². The van der Waals surface area contributed by atoms with Crippen LogP contribution >= 0.6 is 0 Å². The van der Waals surface area contributed by atoms with Crippen LogP contribution < -0.4 is 5.43 Å². The Hall–Kier alpha value is -2.17. The van der Waals surface area contributed by atoms with E-state index in [1.165, 1.54) is 17.5 Å². The van der Waals surface area contributed by atoms with Crippen LogP contribution in [0.1, 0.15) is 43.2 Å². The number of carbonyl (C=O) groups is 2. The Bertz CT molecular complexity index is 654. The predicted octanol–water partition coefficient (Wildman–Crippen LogP) is 2.43. The van der Waals surface area contributed by atoms with Crippen molar-refractivity contribution in [1.29, 1.82) is 0 Å².